The van der Waals surface area contributed by atoms with Gasteiger partial charge in [-0.1, -0.05) is 0 Å². The Morgan fingerprint density at radius 1 is 1.23 bits per heavy atom. The van der Waals surface area contributed by atoms with Crippen molar-refractivity contribution in [2.45, 2.75) is 26.2 Å². The summed E-state index contributed by atoms with van der Waals surface area (Å²) in [4.78, 5) is 7.91. The Bertz CT molecular complexity index is 618. The van der Waals surface area contributed by atoms with E-state index in [1.807, 2.05) is 38.2 Å². The monoisotopic (exact) mass is 302 g/mol. The van der Waals surface area contributed by atoms with Crippen molar-refractivity contribution in [2.75, 3.05) is 26.4 Å². The van der Waals surface area contributed by atoms with Crippen molar-refractivity contribution < 1.29 is 14.2 Å². The van der Waals surface area contributed by atoms with Gasteiger partial charge in [0.15, 0.2) is 11.5 Å². The second kappa shape index (κ2) is 6.83. The maximum absolute atomic E-state index is 5.68. The van der Waals surface area contributed by atoms with Crippen LogP contribution in [-0.4, -0.2) is 36.4 Å². The molecule has 0 bridgehead atoms. The van der Waals surface area contributed by atoms with Crippen molar-refractivity contribution in [3.05, 3.63) is 30.2 Å². The van der Waals surface area contributed by atoms with E-state index >= 15 is 0 Å². The summed E-state index contributed by atoms with van der Waals surface area (Å²) < 4.78 is 16.7. The van der Waals surface area contributed by atoms with E-state index in [0.29, 0.717) is 19.1 Å². The van der Waals surface area contributed by atoms with Gasteiger partial charge in [0.25, 0.3) is 0 Å². The molecule has 0 spiro atoms. The second-order valence-corrected chi connectivity index (χ2v) is 5.27. The molecular formula is C17H22N2O3. The van der Waals surface area contributed by atoms with Gasteiger partial charge < -0.3 is 19.2 Å². The molecule has 1 aliphatic heterocycles. The molecule has 1 aromatic carbocycles. The first-order chi connectivity index (χ1) is 10.8. The summed E-state index contributed by atoms with van der Waals surface area (Å²) in [5.74, 6) is 2.92. The minimum Gasteiger partial charge on any atom is -0.490 e. The van der Waals surface area contributed by atoms with Crippen LogP contribution in [0.4, 0.5) is 0 Å². The largest absolute Gasteiger partial charge is 0.490 e. The number of nitrogens with zero attached hydrogens (tertiary/aromatic N) is 1. The smallest absolute Gasteiger partial charge is 0.161 e. The van der Waals surface area contributed by atoms with Gasteiger partial charge in [-0.2, -0.15) is 0 Å². The van der Waals surface area contributed by atoms with E-state index in [4.69, 9.17) is 14.2 Å². The number of hydrogen-bond acceptors (Lipinski definition) is 4. The molecule has 1 fully saturated rings. The minimum absolute atomic E-state index is 0.378. The Morgan fingerprint density at radius 3 is 2.77 bits per heavy atom. The summed E-state index contributed by atoms with van der Waals surface area (Å²) in [7, 11) is 0. The van der Waals surface area contributed by atoms with Gasteiger partial charge in [0, 0.05) is 18.1 Å². The minimum atomic E-state index is 0.378. The molecule has 1 unspecified atom stereocenters. The van der Waals surface area contributed by atoms with Crippen molar-refractivity contribution in [1.82, 2.24) is 9.97 Å². The summed E-state index contributed by atoms with van der Waals surface area (Å²) in [6, 6.07) is 5.97. The SMILES string of the molecule is CCOc1ccc(-c2cnc(C3CCOC3)[nH]2)cc1OCC. The molecule has 1 N–H and O–H groups in total. The molecule has 0 radical (unpaired) electrons. The zero-order valence-corrected chi connectivity index (χ0v) is 13.1. The Hall–Kier alpha value is -2.01. The molecule has 2 heterocycles. The highest BCUT2D eigenvalue weighted by atomic mass is 16.5. The maximum Gasteiger partial charge on any atom is 0.161 e. The highest BCUT2D eigenvalue weighted by Crippen LogP contribution is 2.33. The highest BCUT2D eigenvalue weighted by Gasteiger charge is 2.21. The van der Waals surface area contributed by atoms with E-state index in [1.54, 1.807) is 0 Å². The van der Waals surface area contributed by atoms with E-state index in [2.05, 4.69) is 9.97 Å². The van der Waals surface area contributed by atoms with Crippen LogP contribution >= 0.6 is 0 Å². The quantitative estimate of drug-likeness (QED) is 0.888. The predicted molar refractivity (Wildman–Crippen MR) is 84.5 cm³/mol. The Kier molecular flexibility index (Phi) is 4.63. The van der Waals surface area contributed by atoms with Gasteiger partial charge in [0.2, 0.25) is 0 Å². The molecule has 5 nitrogen and oxygen atoms in total. The average molecular weight is 302 g/mol. The van der Waals surface area contributed by atoms with E-state index in [-0.39, 0.29) is 0 Å². The predicted octanol–water partition coefficient (Wildman–Crippen LogP) is 3.38. The van der Waals surface area contributed by atoms with Gasteiger partial charge >= 0.3 is 0 Å². The molecule has 1 atom stereocenters. The van der Waals surface area contributed by atoms with Crippen LogP contribution in [-0.2, 0) is 4.74 Å². The topological polar surface area (TPSA) is 56.4 Å². The number of H-pyrrole nitrogens is 1. The zero-order valence-electron chi connectivity index (χ0n) is 13.1. The van der Waals surface area contributed by atoms with Crippen LogP contribution in [0, 0.1) is 0 Å². The van der Waals surface area contributed by atoms with Gasteiger partial charge in [0.1, 0.15) is 5.82 Å². The van der Waals surface area contributed by atoms with E-state index in [1.165, 1.54) is 0 Å². The molecule has 1 saturated heterocycles. The first-order valence-electron chi connectivity index (χ1n) is 7.84. The summed E-state index contributed by atoms with van der Waals surface area (Å²) in [5, 5.41) is 0. The lowest BCUT2D eigenvalue weighted by Crippen LogP contribution is -2.00. The Balaban J connectivity index is 1.85. The first kappa shape index (κ1) is 14.9. The number of ether oxygens (including phenoxy) is 3. The Morgan fingerprint density at radius 2 is 2.05 bits per heavy atom. The van der Waals surface area contributed by atoms with E-state index in [0.717, 1.165) is 48.2 Å². The third kappa shape index (κ3) is 3.09. The van der Waals surface area contributed by atoms with Gasteiger partial charge in [-0.25, -0.2) is 4.98 Å². The number of rotatable bonds is 6. The molecule has 0 aliphatic carbocycles. The van der Waals surface area contributed by atoms with E-state index < -0.39 is 0 Å². The van der Waals surface area contributed by atoms with Crippen molar-refractivity contribution >= 4 is 0 Å². The average Bonchev–Trinajstić information content (AvgIpc) is 3.20. The van der Waals surface area contributed by atoms with Gasteiger partial charge in [-0.3, -0.25) is 0 Å². The van der Waals surface area contributed by atoms with Gasteiger partial charge in [0.05, 0.1) is 31.7 Å². The lowest BCUT2D eigenvalue weighted by Gasteiger charge is -2.12. The third-order valence-corrected chi connectivity index (χ3v) is 3.77. The highest BCUT2D eigenvalue weighted by molar-refractivity contribution is 5.63. The van der Waals surface area contributed by atoms with Crippen LogP contribution in [0.1, 0.15) is 32.0 Å². The molecule has 5 heteroatoms. The summed E-state index contributed by atoms with van der Waals surface area (Å²) >= 11 is 0. The summed E-state index contributed by atoms with van der Waals surface area (Å²) in [5.41, 5.74) is 2.04. The van der Waals surface area contributed by atoms with Gasteiger partial charge in [-0.15, -0.1) is 0 Å². The molecule has 1 aromatic heterocycles. The van der Waals surface area contributed by atoms with Gasteiger partial charge in [-0.05, 0) is 38.5 Å². The summed E-state index contributed by atoms with van der Waals surface area (Å²) in [6.07, 6.45) is 2.90. The van der Waals surface area contributed by atoms with Crippen molar-refractivity contribution in [3.63, 3.8) is 0 Å². The number of imidazole rings is 1. The fourth-order valence-electron chi connectivity index (χ4n) is 2.66. The van der Waals surface area contributed by atoms with Crippen LogP contribution in [0.25, 0.3) is 11.3 Å². The number of hydrogen-bond donors (Lipinski definition) is 1. The lowest BCUT2D eigenvalue weighted by atomic mass is 10.1. The lowest BCUT2D eigenvalue weighted by molar-refractivity contribution is 0.193. The van der Waals surface area contributed by atoms with Crippen LogP contribution < -0.4 is 9.47 Å². The standard InChI is InChI=1S/C17H22N2O3/c1-3-21-15-6-5-12(9-16(15)22-4-2)14-10-18-17(19-14)13-7-8-20-11-13/h5-6,9-10,13H,3-4,7-8,11H2,1-2H3,(H,18,19). The molecule has 1 aliphatic rings. The fraction of sp³-hybridized carbons (Fsp3) is 0.471. The van der Waals surface area contributed by atoms with Crippen LogP contribution in [0.5, 0.6) is 11.5 Å². The molecule has 3 rings (SSSR count). The number of aromatic nitrogens is 2. The summed E-state index contributed by atoms with van der Waals surface area (Å²) in [6.45, 7) is 6.73. The molecule has 0 amide bonds. The molecular weight excluding hydrogens is 280 g/mol. The molecule has 2 aromatic rings. The molecule has 0 saturated carbocycles. The third-order valence-electron chi connectivity index (χ3n) is 3.77. The molecule has 22 heavy (non-hydrogen) atoms. The number of nitrogens with one attached hydrogen (secondary N) is 1. The second-order valence-electron chi connectivity index (χ2n) is 5.27. The maximum atomic E-state index is 5.68. The normalized spacial score (nSPS) is 17.6. The fourth-order valence-corrected chi connectivity index (χ4v) is 2.66. The van der Waals surface area contributed by atoms with Crippen molar-refractivity contribution in [1.29, 1.82) is 0 Å². The number of benzene rings is 1. The first-order valence-corrected chi connectivity index (χ1v) is 7.84. The van der Waals surface area contributed by atoms with Crippen LogP contribution in [0.3, 0.4) is 0 Å². The van der Waals surface area contributed by atoms with Crippen molar-refractivity contribution in [2.24, 2.45) is 0 Å². The van der Waals surface area contributed by atoms with Crippen molar-refractivity contribution in [3.8, 4) is 22.8 Å². The van der Waals surface area contributed by atoms with Crippen LogP contribution in [0.15, 0.2) is 24.4 Å². The van der Waals surface area contributed by atoms with E-state index in [9.17, 15) is 0 Å². The Labute approximate surface area is 130 Å². The van der Waals surface area contributed by atoms with Crippen LogP contribution in [0.2, 0.25) is 0 Å². The number of aromatic amines is 1. The molecule has 118 valence electrons. The zero-order chi connectivity index (χ0) is 15.4.